The number of rotatable bonds is 6. The van der Waals surface area contributed by atoms with E-state index < -0.39 is 11.9 Å². The van der Waals surface area contributed by atoms with Gasteiger partial charge in [-0.25, -0.2) is 14.4 Å². The van der Waals surface area contributed by atoms with Gasteiger partial charge < -0.3 is 24.7 Å². The lowest BCUT2D eigenvalue weighted by Crippen LogP contribution is -2.44. The monoisotopic (exact) mass is 519 g/mol. The molecule has 0 aromatic heterocycles. The van der Waals surface area contributed by atoms with Crippen LogP contribution in [0.1, 0.15) is 18.9 Å². The summed E-state index contributed by atoms with van der Waals surface area (Å²) in [7, 11) is 2.14. The molecular formula is C29H33N3O6. The number of carbonyl (C=O) groups is 3. The van der Waals surface area contributed by atoms with Gasteiger partial charge >= 0.3 is 18.0 Å². The molecule has 9 heteroatoms. The van der Waals surface area contributed by atoms with E-state index in [9.17, 15) is 14.4 Å². The van der Waals surface area contributed by atoms with Gasteiger partial charge in [0.15, 0.2) is 0 Å². The molecule has 2 aliphatic heterocycles. The van der Waals surface area contributed by atoms with Gasteiger partial charge in [0.25, 0.3) is 0 Å². The van der Waals surface area contributed by atoms with Crippen LogP contribution in [0.15, 0.2) is 85.1 Å². The molecule has 200 valence electrons. The maximum Gasteiger partial charge on any atom is 0.419 e. The minimum Gasteiger partial charge on any atom is -0.478 e. The average molecular weight is 520 g/mol. The van der Waals surface area contributed by atoms with Crippen LogP contribution >= 0.6 is 0 Å². The molecule has 1 amide bonds. The zero-order valence-electron chi connectivity index (χ0n) is 21.6. The number of hydrogen-bond acceptors (Lipinski definition) is 6. The van der Waals surface area contributed by atoms with Gasteiger partial charge in [0, 0.05) is 56.3 Å². The fraction of sp³-hybridized carbons (Fsp3) is 0.276. The highest BCUT2D eigenvalue weighted by Crippen LogP contribution is 2.27. The molecule has 0 radical (unpaired) electrons. The molecule has 0 aliphatic carbocycles. The van der Waals surface area contributed by atoms with E-state index in [-0.39, 0.29) is 12.1 Å². The van der Waals surface area contributed by atoms with Gasteiger partial charge in [-0.3, -0.25) is 4.90 Å². The first-order valence-electron chi connectivity index (χ1n) is 12.4. The van der Waals surface area contributed by atoms with Crippen molar-refractivity contribution < 1.29 is 29.3 Å². The van der Waals surface area contributed by atoms with E-state index in [1.807, 2.05) is 48.7 Å². The Kier molecular flexibility index (Phi) is 10.2. The highest BCUT2D eigenvalue weighted by atomic mass is 16.6. The van der Waals surface area contributed by atoms with Crippen LogP contribution in [0.25, 0.3) is 5.57 Å². The number of ether oxygens (including phenoxy) is 1. The number of amides is 1. The summed E-state index contributed by atoms with van der Waals surface area (Å²) in [5.41, 5.74) is 3.38. The molecule has 9 nitrogen and oxygen atoms in total. The third kappa shape index (κ3) is 8.35. The van der Waals surface area contributed by atoms with Gasteiger partial charge in [0.1, 0.15) is 5.75 Å². The van der Waals surface area contributed by atoms with E-state index >= 15 is 0 Å². The van der Waals surface area contributed by atoms with Crippen LogP contribution in [-0.4, -0.2) is 77.3 Å². The third-order valence-electron chi connectivity index (χ3n) is 6.14. The number of nitrogens with zero attached hydrogens (tertiary/aromatic N) is 3. The summed E-state index contributed by atoms with van der Waals surface area (Å²) in [6.45, 7) is 6.12. The lowest BCUT2D eigenvalue weighted by atomic mass is 9.99. The highest BCUT2D eigenvalue weighted by Gasteiger charge is 2.24. The van der Waals surface area contributed by atoms with E-state index in [4.69, 9.17) is 14.9 Å². The van der Waals surface area contributed by atoms with Gasteiger partial charge in [-0.2, -0.15) is 0 Å². The third-order valence-corrected chi connectivity index (χ3v) is 6.14. The number of carbonyl (C=O) groups excluding carboxylic acids is 1. The minimum absolute atomic E-state index is 0.0291. The first-order valence-corrected chi connectivity index (χ1v) is 12.4. The first kappa shape index (κ1) is 28.2. The molecule has 0 spiro atoms. The average Bonchev–Trinajstić information content (AvgIpc) is 2.93. The van der Waals surface area contributed by atoms with E-state index in [0.29, 0.717) is 17.9 Å². The molecule has 38 heavy (non-hydrogen) atoms. The molecule has 2 aromatic carbocycles. The van der Waals surface area contributed by atoms with Crippen molar-refractivity contribution in [2.24, 2.45) is 0 Å². The molecule has 0 saturated carbocycles. The maximum absolute atomic E-state index is 12.9. The highest BCUT2D eigenvalue weighted by molar-refractivity contribution is 5.89. The molecule has 2 aliphatic rings. The number of benzene rings is 2. The molecule has 1 saturated heterocycles. The number of carboxylic acids is 2. The molecule has 2 N–H and O–H groups in total. The second kappa shape index (κ2) is 13.8. The van der Waals surface area contributed by atoms with E-state index in [1.54, 1.807) is 4.90 Å². The number of hydrogen-bond donors (Lipinski definition) is 2. The van der Waals surface area contributed by atoms with Crippen LogP contribution in [0, 0.1) is 0 Å². The van der Waals surface area contributed by atoms with Crippen molar-refractivity contribution in [1.82, 2.24) is 9.80 Å². The quantitative estimate of drug-likeness (QED) is 0.543. The standard InChI is InChI=1S/C25H29N3O2.C4H4O4/c1-3-22-18-21(20-8-5-4-6-9-20)12-13-28(22)25(29)30-24-11-7-10-23(19-24)27-16-14-26(2)15-17-27;5-3(6)1-2-4(7)8/h4-13,18-19,22H,3,14-17H2,1-2H3;1-2H,(H,5,6)(H,7,8)/b;2-1+. The molecular weight excluding hydrogens is 486 g/mol. The maximum atomic E-state index is 12.9. The first-order chi connectivity index (χ1) is 18.3. The fourth-order valence-electron chi connectivity index (χ4n) is 4.05. The molecule has 1 fully saturated rings. The van der Waals surface area contributed by atoms with Crippen LogP contribution in [0.3, 0.4) is 0 Å². The summed E-state index contributed by atoms with van der Waals surface area (Å²) in [5, 5.41) is 15.6. The largest absolute Gasteiger partial charge is 0.478 e. The van der Waals surface area contributed by atoms with Crippen LogP contribution in [0.5, 0.6) is 5.75 Å². The minimum atomic E-state index is -1.26. The second-order valence-electron chi connectivity index (χ2n) is 8.85. The fourth-order valence-corrected chi connectivity index (χ4v) is 4.05. The lowest BCUT2D eigenvalue weighted by molar-refractivity contribution is -0.134. The number of piperazine rings is 1. The number of anilines is 1. The topological polar surface area (TPSA) is 111 Å². The van der Waals surface area contributed by atoms with E-state index in [0.717, 1.165) is 49.4 Å². The second-order valence-corrected chi connectivity index (χ2v) is 8.85. The van der Waals surface area contributed by atoms with E-state index in [1.165, 1.54) is 0 Å². The summed E-state index contributed by atoms with van der Waals surface area (Å²) in [6, 6.07) is 18.0. The van der Waals surface area contributed by atoms with Crippen molar-refractivity contribution in [3.63, 3.8) is 0 Å². The van der Waals surface area contributed by atoms with Crippen LogP contribution in [-0.2, 0) is 9.59 Å². The predicted octanol–water partition coefficient (Wildman–Crippen LogP) is 4.34. The lowest BCUT2D eigenvalue weighted by Gasteiger charge is -2.34. The Hall–Kier alpha value is -4.37. The van der Waals surface area contributed by atoms with Gasteiger partial charge in [0.05, 0.1) is 6.04 Å². The smallest absolute Gasteiger partial charge is 0.419 e. The van der Waals surface area contributed by atoms with Crippen molar-refractivity contribution in [3.05, 3.63) is 90.7 Å². The Balaban J connectivity index is 0.000000436. The van der Waals surface area contributed by atoms with Gasteiger partial charge in [-0.15, -0.1) is 0 Å². The summed E-state index contributed by atoms with van der Waals surface area (Å²) in [5.74, 6) is -1.93. The zero-order chi connectivity index (χ0) is 27.5. The number of allylic oxidation sites excluding steroid dienone is 2. The van der Waals surface area contributed by atoms with Gasteiger partial charge in [-0.05, 0) is 42.8 Å². The Labute approximate surface area is 222 Å². The summed E-state index contributed by atoms with van der Waals surface area (Å²) >= 11 is 0. The Morgan fingerprint density at radius 1 is 0.947 bits per heavy atom. The molecule has 2 aromatic rings. The number of carboxylic acid groups (broad SMARTS) is 2. The van der Waals surface area contributed by atoms with Crippen molar-refractivity contribution in [2.75, 3.05) is 38.1 Å². The van der Waals surface area contributed by atoms with Crippen LogP contribution in [0.4, 0.5) is 10.5 Å². The zero-order valence-corrected chi connectivity index (χ0v) is 21.6. The Bertz CT molecular complexity index is 1180. The van der Waals surface area contributed by atoms with Crippen LogP contribution in [0.2, 0.25) is 0 Å². The van der Waals surface area contributed by atoms with Crippen molar-refractivity contribution in [3.8, 4) is 5.75 Å². The normalized spacial score (nSPS) is 17.4. The SMILES string of the molecule is CCC1C=C(c2ccccc2)C=CN1C(=O)Oc1cccc(N2CCN(C)CC2)c1.O=C(O)/C=C/C(=O)O. The van der Waals surface area contributed by atoms with Gasteiger partial charge in [0.2, 0.25) is 0 Å². The summed E-state index contributed by atoms with van der Waals surface area (Å²) in [4.78, 5) is 38.4. The Morgan fingerprint density at radius 2 is 1.61 bits per heavy atom. The molecule has 1 unspecified atom stereocenters. The molecule has 2 heterocycles. The number of aliphatic carboxylic acids is 2. The summed E-state index contributed by atoms with van der Waals surface area (Å²) < 4.78 is 5.75. The molecule has 4 rings (SSSR count). The predicted molar refractivity (Wildman–Crippen MR) is 146 cm³/mol. The van der Waals surface area contributed by atoms with Crippen molar-refractivity contribution >= 4 is 29.3 Å². The van der Waals surface area contributed by atoms with E-state index in [2.05, 4.69) is 48.0 Å². The number of likely N-dealkylation sites (N-methyl/N-ethyl adjacent to an activating group) is 1. The van der Waals surface area contributed by atoms with Crippen LogP contribution < -0.4 is 9.64 Å². The Morgan fingerprint density at radius 3 is 2.21 bits per heavy atom. The molecule has 1 atom stereocenters. The van der Waals surface area contributed by atoms with Crippen molar-refractivity contribution in [2.45, 2.75) is 19.4 Å². The molecule has 0 bridgehead atoms. The van der Waals surface area contributed by atoms with Gasteiger partial charge in [-0.1, -0.05) is 49.4 Å². The summed E-state index contributed by atoms with van der Waals surface area (Å²) in [6.07, 6.45) is 7.53. The van der Waals surface area contributed by atoms with Crippen molar-refractivity contribution in [1.29, 1.82) is 0 Å².